The largest absolute Gasteiger partial charge is 0.494 e. The standard InChI is InChI=1S/C24H23F4N5O2/c1-35-20-11-8-15(12-18(20)25)19-13-21(33-32-19)30-23(29-17-4-2-3-5-17)31-22(34)14-6-9-16(10-7-14)24(26,27)28/h6-13,17,19H,2-5H2,1H3,(H2,29,30,31,34). The van der Waals surface area contributed by atoms with Crippen molar-refractivity contribution in [2.75, 3.05) is 7.11 Å². The van der Waals surface area contributed by atoms with E-state index in [1.54, 1.807) is 12.1 Å². The van der Waals surface area contributed by atoms with Gasteiger partial charge in [0.25, 0.3) is 5.91 Å². The number of carbonyl (C=O) groups is 1. The molecule has 2 aromatic carbocycles. The van der Waals surface area contributed by atoms with Gasteiger partial charge in [0.1, 0.15) is 6.04 Å². The van der Waals surface area contributed by atoms with Gasteiger partial charge >= 0.3 is 6.18 Å². The van der Waals surface area contributed by atoms with E-state index in [9.17, 15) is 22.4 Å². The van der Waals surface area contributed by atoms with Crippen LogP contribution in [-0.2, 0) is 6.18 Å². The summed E-state index contributed by atoms with van der Waals surface area (Å²) in [6, 6.07) is 7.84. The van der Waals surface area contributed by atoms with Crippen LogP contribution in [0.3, 0.4) is 0 Å². The second-order valence-corrected chi connectivity index (χ2v) is 8.18. The molecule has 0 radical (unpaired) electrons. The van der Waals surface area contributed by atoms with Crippen LogP contribution in [0.1, 0.15) is 53.2 Å². The van der Waals surface area contributed by atoms with E-state index >= 15 is 0 Å². The Hall–Kier alpha value is -3.76. The van der Waals surface area contributed by atoms with Crippen LogP contribution in [0.2, 0.25) is 0 Å². The number of nitrogens with one attached hydrogen (secondary N) is 2. The summed E-state index contributed by atoms with van der Waals surface area (Å²) in [5.74, 6) is -0.609. The molecule has 1 aliphatic carbocycles. The topological polar surface area (TPSA) is 87.4 Å². The Morgan fingerprint density at radius 3 is 2.46 bits per heavy atom. The number of azo groups is 1. The normalized spacial score (nSPS) is 18.5. The van der Waals surface area contributed by atoms with Crippen molar-refractivity contribution in [1.82, 2.24) is 10.6 Å². The van der Waals surface area contributed by atoms with Gasteiger partial charge in [-0.05, 0) is 60.9 Å². The number of alkyl halides is 3. The number of benzene rings is 2. The fraction of sp³-hybridized carbons (Fsp3) is 0.333. The number of methoxy groups -OCH3 is 1. The van der Waals surface area contributed by atoms with Gasteiger partial charge in [-0.2, -0.15) is 18.3 Å². The van der Waals surface area contributed by atoms with Gasteiger partial charge in [-0.25, -0.2) is 9.38 Å². The highest BCUT2D eigenvalue weighted by Crippen LogP contribution is 2.30. The van der Waals surface area contributed by atoms with Crippen LogP contribution in [0.4, 0.5) is 17.6 Å². The highest BCUT2D eigenvalue weighted by molar-refractivity contribution is 6.06. The maximum atomic E-state index is 14.1. The second kappa shape index (κ2) is 10.2. The van der Waals surface area contributed by atoms with E-state index < -0.39 is 29.5 Å². The van der Waals surface area contributed by atoms with Crippen molar-refractivity contribution in [1.29, 1.82) is 0 Å². The third-order valence-electron chi connectivity index (χ3n) is 5.71. The summed E-state index contributed by atoms with van der Waals surface area (Å²) in [6.07, 6.45) is 0.902. The number of carbonyl (C=O) groups excluding carboxylic acids is 1. The average Bonchev–Trinajstić information content (AvgIpc) is 3.51. The molecular weight excluding hydrogens is 466 g/mol. The highest BCUT2D eigenvalue weighted by atomic mass is 19.4. The monoisotopic (exact) mass is 489 g/mol. The summed E-state index contributed by atoms with van der Waals surface area (Å²) in [6.45, 7) is 0. The minimum atomic E-state index is -4.49. The molecule has 1 heterocycles. The van der Waals surface area contributed by atoms with E-state index in [1.165, 1.54) is 19.2 Å². The van der Waals surface area contributed by atoms with E-state index in [2.05, 4.69) is 25.9 Å². The first-order valence-corrected chi connectivity index (χ1v) is 11.0. The maximum absolute atomic E-state index is 14.1. The first kappa shape index (κ1) is 24.4. The molecule has 1 atom stereocenters. The Morgan fingerprint density at radius 1 is 1.11 bits per heavy atom. The molecule has 1 amide bonds. The minimum absolute atomic E-state index is 0.00386. The zero-order valence-corrected chi connectivity index (χ0v) is 18.8. The predicted molar refractivity (Wildman–Crippen MR) is 120 cm³/mol. The Morgan fingerprint density at radius 2 is 1.83 bits per heavy atom. The number of hydrogen-bond acceptors (Lipinski definition) is 5. The maximum Gasteiger partial charge on any atom is 0.416 e. The van der Waals surface area contributed by atoms with Crippen LogP contribution in [0.5, 0.6) is 5.75 Å². The SMILES string of the molecule is COc1ccc(C2C=C(NC(=NC3CCCC3)NC(=O)c3ccc(C(F)(F)F)cc3)N=N2)cc1F. The lowest BCUT2D eigenvalue weighted by Gasteiger charge is -2.13. The van der Waals surface area contributed by atoms with Crippen LogP contribution < -0.4 is 15.4 Å². The van der Waals surface area contributed by atoms with Gasteiger partial charge in [0.2, 0.25) is 5.96 Å². The van der Waals surface area contributed by atoms with Crippen molar-refractivity contribution in [3.63, 3.8) is 0 Å². The van der Waals surface area contributed by atoms with E-state index in [0.717, 1.165) is 49.9 Å². The van der Waals surface area contributed by atoms with Crippen molar-refractivity contribution in [2.45, 2.75) is 43.9 Å². The van der Waals surface area contributed by atoms with Crippen LogP contribution in [0, 0.1) is 5.82 Å². The predicted octanol–water partition coefficient (Wildman–Crippen LogP) is 5.52. The van der Waals surface area contributed by atoms with Gasteiger partial charge in [0.15, 0.2) is 17.4 Å². The molecule has 0 saturated heterocycles. The summed E-state index contributed by atoms with van der Waals surface area (Å²) in [5, 5.41) is 13.8. The number of amides is 1. The second-order valence-electron chi connectivity index (χ2n) is 8.18. The molecule has 2 aromatic rings. The summed E-state index contributed by atoms with van der Waals surface area (Å²) in [5.41, 5.74) is -0.232. The Balaban J connectivity index is 1.49. The summed E-state index contributed by atoms with van der Waals surface area (Å²) in [4.78, 5) is 17.3. The van der Waals surface area contributed by atoms with Gasteiger partial charge in [-0.1, -0.05) is 18.9 Å². The molecule has 1 unspecified atom stereocenters. The molecule has 0 bridgehead atoms. The van der Waals surface area contributed by atoms with Gasteiger partial charge in [0, 0.05) is 5.56 Å². The highest BCUT2D eigenvalue weighted by Gasteiger charge is 2.30. The summed E-state index contributed by atoms with van der Waals surface area (Å²) >= 11 is 0. The Kier molecular flexibility index (Phi) is 7.13. The quantitative estimate of drug-likeness (QED) is 0.329. The van der Waals surface area contributed by atoms with Gasteiger partial charge in [-0.3, -0.25) is 10.1 Å². The third-order valence-corrected chi connectivity index (χ3v) is 5.71. The molecule has 2 aliphatic rings. The van der Waals surface area contributed by atoms with Crippen LogP contribution in [0.25, 0.3) is 0 Å². The molecule has 0 spiro atoms. The van der Waals surface area contributed by atoms with Crippen molar-refractivity contribution in [3.8, 4) is 5.75 Å². The molecule has 1 saturated carbocycles. The molecular formula is C24H23F4N5O2. The average molecular weight is 489 g/mol. The smallest absolute Gasteiger partial charge is 0.416 e. The molecule has 11 heteroatoms. The summed E-state index contributed by atoms with van der Waals surface area (Å²) in [7, 11) is 1.37. The number of guanidine groups is 1. The molecule has 35 heavy (non-hydrogen) atoms. The molecule has 4 rings (SSSR count). The first-order chi connectivity index (χ1) is 16.7. The Bertz CT molecular complexity index is 1170. The Labute approximate surface area is 199 Å². The molecule has 7 nitrogen and oxygen atoms in total. The van der Waals surface area contributed by atoms with E-state index in [1.807, 2.05) is 0 Å². The van der Waals surface area contributed by atoms with E-state index in [-0.39, 0.29) is 23.3 Å². The van der Waals surface area contributed by atoms with Gasteiger partial charge in [0.05, 0.1) is 18.7 Å². The fourth-order valence-electron chi connectivity index (χ4n) is 3.86. The van der Waals surface area contributed by atoms with Gasteiger partial charge < -0.3 is 10.1 Å². The summed E-state index contributed by atoms with van der Waals surface area (Å²) < 4.78 is 57.5. The van der Waals surface area contributed by atoms with Crippen molar-refractivity contribution < 1.29 is 27.1 Å². The van der Waals surface area contributed by atoms with Crippen molar-refractivity contribution >= 4 is 11.9 Å². The van der Waals surface area contributed by atoms with E-state index in [4.69, 9.17) is 4.74 Å². The molecule has 2 N–H and O–H groups in total. The zero-order valence-electron chi connectivity index (χ0n) is 18.8. The third kappa shape index (κ3) is 6.03. The molecule has 184 valence electrons. The van der Waals surface area contributed by atoms with Crippen LogP contribution in [-0.4, -0.2) is 25.0 Å². The number of aliphatic imine (C=N–C) groups is 1. The number of halogens is 4. The van der Waals surface area contributed by atoms with E-state index in [0.29, 0.717) is 11.4 Å². The number of nitrogens with zero attached hydrogens (tertiary/aromatic N) is 3. The van der Waals surface area contributed by atoms with Crippen molar-refractivity contribution in [2.24, 2.45) is 15.2 Å². The van der Waals surface area contributed by atoms with Crippen LogP contribution >= 0.6 is 0 Å². The lowest BCUT2D eigenvalue weighted by molar-refractivity contribution is -0.137. The lowest BCUT2D eigenvalue weighted by atomic mass is 10.1. The van der Waals surface area contributed by atoms with Crippen molar-refractivity contribution in [3.05, 3.63) is 76.9 Å². The first-order valence-electron chi connectivity index (χ1n) is 11.0. The molecule has 1 fully saturated rings. The number of hydrogen-bond donors (Lipinski definition) is 2. The lowest BCUT2D eigenvalue weighted by Crippen LogP contribution is -2.41. The number of rotatable bonds is 5. The molecule has 1 aliphatic heterocycles. The zero-order chi connectivity index (χ0) is 25.0. The molecule has 0 aromatic heterocycles. The van der Waals surface area contributed by atoms with Gasteiger partial charge in [-0.15, -0.1) is 5.11 Å². The number of ether oxygens (including phenoxy) is 1. The fourth-order valence-corrected chi connectivity index (χ4v) is 3.86. The minimum Gasteiger partial charge on any atom is -0.494 e. The van der Waals surface area contributed by atoms with Crippen LogP contribution in [0.15, 0.2) is 69.6 Å².